The monoisotopic (exact) mass is 534 g/mol. The molecule has 0 amide bonds. The van der Waals surface area contributed by atoms with Crippen molar-refractivity contribution in [3.8, 4) is 16.9 Å². The van der Waals surface area contributed by atoms with Crippen molar-refractivity contribution in [2.24, 2.45) is 5.92 Å². The third-order valence-corrected chi connectivity index (χ3v) is 7.64. The minimum Gasteiger partial charge on any atom is -0.353 e. The van der Waals surface area contributed by atoms with Gasteiger partial charge in [-0.3, -0.25) is 0 Å². The fourth-order valence-electron chi connectivity index (χ4n) is 5.31. The van der Waals surface area contributed by atoms with E-state index in [1.807, 2.05) is 20.8 Å². The predicted octanol–water partition coefficient (Wildman–Crippen LogP) is 6.34. The maximum absolute atomic E-state index is 14.9. The van der Waals surface area contributed by atoms with Gasteiger partial charge < -0.3 is 4.90 Å². The van der Waals surface area contributed by atoms with Crippen molar-refractivity contribution in [2.75, 3.05) is 11.4 Å². The Balaban J connectivity index is 1.91. The molecule has 0 saturated carbocycles. The Kier molecular flexibility index (Phi) is 7.18. The smallest absolute Gasteiger partial charge is 0.353 e. The summed E-state index contributed by atoms with van der Waals surface area (Å²) in [5.41, 5.74) is 2.43. The zero-order chi connectivity index (χ0) is 27.1. The largest absolute Gasteiger partial charge is 0.355 e. The summed E-state index contributed by atoms with van der Waals surface area (Å²) in [6.07, 6.45) is 4.22. The lowest BCUT2D eigenvalue weighted by Crippen LogP contribution is -2.43. The van der Waals surface area contributed by atoms with Gasteiger partial charge in [-0.2, -0.15) is 4.98 Å². The topological polar surface area (TPSA) is 76.8 Å². The average molecular weight is 535 g/mol. The molecule has 1 saturated heterocycles. The molecule has 1 aliphatic heterocycles. The van der Waals surface area contributed by atoms with E-state index < -0.39 is 11.5 Å². The fraction of sp³-hybridized carbons (Fsp3) is 0.414. The highest BCUT2D eigenvalue weighted by Gasteiger charge is 2.29. The molecular weight excluding hydrogens is 503 g/mol. The lowest BCUT2D eigenvalue weighted by molar-refractivity contribution is 0.388. The van der Waals surface area contributed by atoms with E-state index in [0.717, 1.165) is 25.1 Å². The van der Waals surface area contributed by atoms with Crippen LogP contribution in [0.3, 0.4) is 0 Å². The molecule has 1 aliphatic rings. The van der Waals surface area contributed by atoms with Gasteiger partial charge in [0.1, 0.15) is 18.0 Å². The number of aromatic nitrogens is 5. The van der Waals surface area contributed by atoms with Crippen LogP contribution in [0.4, 0.5) is 10.2 Å². The molecule has 0 radical (unpaired) electrons. The zero-order valence-electron chi connectivity index (χ0n) is 22.4. The molecular formula is C29H32ClFN6O. The van der Waals surface area contributed by atoms with E-state index in [4.69, 9.17) is 16.6 Å². The molecule has 4 heterocycles. The van der Waals surface area contributed by atoms with Crippen LogP contribution < -0.4 is 10.6 Å². The van der Waals surface area contributed by atoms with Crippen molar-refractivity contribution >= 4 is 28.5 Å². The Hall–Kier alpha value is -3.39. The molecule has 0 bridgehead atoms. The van der Waals surface area contributed by atoms with Crippen LogP contribution >= 0.6 is 11.6 Å². The van der Waals surface area contributed by atoms with Crippen LogP contribution in [0.1, 0.15) is 64.8 Å². The number of halogens is 2. The number of hydrogen-bond acceptors (Lipinski definition) is 6. The summed E-state index contributed by atoms with van der Waals surface area (Å²) in [6.45, 7) is 11.1. The SMILES string of the molecule is CCc1ncnc(C(C)C)c1-n1c(=O)nc(N2C[C@@H](C)CC[C@@H]2C)c2cc(Cl)c(-c3ccccc3F)nc21. The highest BCUT2D eigenvalue weighted by Crippen LogP contribution is 2.37. The van der Waals surface area contributed by atoms with Gasteiger partial charge in [0, 0.05) is 18.2 Å². The van der Waals surface area contributed by atoms with E-state index in [2.05, 4.69) is 33.7 Å². The second-order valence-corrected chi connectivity index (χ2v) is 10.9. The first-order chi connectivity index (χ1) is 18.2. The van der Waals surface area contributed by atoms with Gasteiger partial charge in [0.25, 0.3) is 0 Å². The van der Waals surface area contributed by atoms with Crippen LogP contribution in [0.15, 0.2) is 41.5 Å². The Morgan fingerprint density at radius 3 is 2.61 bits per heavy atom. The van der Waals surface area contributed by atoms with E-state index in [1.54, 1.807) is 24.3 Å². The lowest BCUT2D eigenvalue weighted by Gasteiger charge is -2.38. The van der Waals surface area contributed by atoms with Gasteiger partial charge in [-0.25, -0.2) is 28.7 Å². The maximum atomic E-state index is 14.9. The summed E-state index contributed by atoms with van der Waals surface area (Å²) >= 11 is 6.78. The van der Waals surface area contributed by atoms with Crippen LogP contribution in [0.5, 0.6) is 0 Å². The number of piperidine rings is 1. The van der Waals surface area contributed by atoms with Crippen molar-refractivity contribution in [2.45, 2.75) is 65.8 Å². The van der Waals surface area contributed by atoms with E-state index >= 15 is 0 Å². The Bertz CT molecular complexity index is 1570. The first-order valence-corrected chi connectivity index (χ1v) is 13.6. The number of nitrogens with zero attached hydrogens (tertiary/aromatic N) is 6. The van der Waals surface area contributed by atoms with Gasteiger partial charge >= 0.3 is 5.69 Å². The van der Waals surface area contributed by atoms with E-state index in [0.29, 0.717) is 40.6 Å². The molecule has 0 N–H and O–H groups in total. The summed E-state index contributed by atoms with van der Waals surface area (Å²) in [6, 6.07) is 8.32. The highest BCUT2D eigenvalue weighted by molar-refractivity contribution is 6.33. The number of fused-ring (bicyclic) bond motifs is 1. The minimum absolute atomic E-state index is 0.0150. The zero-order valence-corrected chi connectivity index (χ0v) is 23.1. The van der Waals surface area contributed by atoms with Gasteiger partial charge in [-0.1, -0.05) is 51.4 Å². The van der Waals surface area contributed by atoms with Crippen molar-refractivity contribution in [3.05, 3.63) is 69.4 Å². The summed E-state index contributed by atoms with van der Waals surface area (Å²) in [7, 11) is 0. The van der Waals surface area contributed by atoms with Gasteiger partial charge in [-0.15, -0.1) is 0 Å². The third kappa shape index (κ3) is 4.55. The van der Waals surface area contributed by atoms with Crippen molar-refractivity contribution in [1.29, 1.82) is 0 Å². The predicted molar refractivity (Wildman–Crippen MR) is 150 cm³/mol. The summed E-state index contributed by atoms with van der Waals surface area (Å²) in [4.78, 5) is 34.7. The fourth-order valence-corrected chi connectivity index (χ4v) is 5.56. The van der Waals surface area contributed by atoms with Crippen LogP contribution in [0.2, 0.25) is 5.02 Å². The summed E-state index contributed by atoms with van der Waals surface area (Å²) < 4.78 is 16.4. The molecule has 0 unspecified atom stereocenters. The Labute approximate surface area is 226 Å². The quantitative estimate of drug-likeness (QED) is 0.297. The number of benzene rings is 1. The number of anilines is 1. The van der Waals surface area contributed by atoms with Crippen LogP contribution in [-0.2, 0) is 6.42 Å². The van der Waals surface area contributed by atoms with Crippen molar-refractivity contribution in [1.82, 2.24) is 24.5 Å². The van der Waals surface area contributed by atoms with E-state index in [9.17, 15) is 9.18 Å². The minimum atomic E-state index is -0.473. The number of hydrogen-bond donors (Lipinski definition) is 0. The molecule has 7 nitrogen and oxygen atoms in total. The first-order valence-electron chi connectivity index (χ1n) is 13.2. The van der Waals surface area contributed by atoms with E-state index in [1.165, 1.54) is 17.0 Å². The van der Waals surface area contributed by atoms with Crippen LogP contribution in [0, 0.1) is 11.7 Å². The van der Waals surface area contributed by atoms with Crippen molar-refractivity contribution < 1.29 is 4.39 Å². The Morgan fingerprint density at radius 2 is 1.89 bits per heavy atom. The van der Waals surface area contributed by atoms with Gasteiger partial charge in [0.05, 0.1) is 33.2 Å². The Morgan fingerprint density at radius 1 is 1.13 bits per heavy atom. The second-order valence-electron chi connectivity index (χ2n) is 10.5. The third-order valence-electron chi connectivity index (χ3n) is 7.35. The van der Waals surface area contributed by atoms with Crippen molar-refractivity contribution in [3.63, 3.8) is 0 Å². The molecule has 1 fully saturated rings. The lowest BCUT2D eigenvalue weighted by atomic mass is 9.95. The van der Waals surface area contributed by atoms with Crippen LogP contribution in [-0.4, -0.2) is 37.1 Å². The first kappa shape index (κ1) is 26.2. The number of pyridine rings is 1. The molecule has 38 heavy (non-hydrogen) atoms. The van der Waals surface area contributed by atoms with Crippen LogP contribution in [0.25, 0.3) is 28.0 Å². The molecule has 198 valence electrons. The molecule has 0 spiro atoms. The molecule has 5 rings (SSSR count). The molecule has 3 aromatic heterocycles. The number of aryl methyl sites for hydroxylation is 1. The summed E-state index contributed by atoms with van der Waals surface area (Å²) in [5.74, 6) is 0.577. The maximum Gasteiger partial charge on any atom is 0.355 e. The number of rotatable bonds is 5. The van der Waals surface area contributed by atoms with Gasteiger partial charge in [0.2, 0.25) is 0 Å². The van der Waals surface area contributed by atoms with E-state index in [-0.39, 0.29) is 28.2 Å². The van der Waals surface area contributed by atoms with Gasteiger partial charge in [0.15, 0.2) is 5.65 Å². The second kappa shape index (κ2) is 10.4. The molecule has 2 atom stereocenters. The summed E-state index contributed by atoms with van der Waals surface area (Å²) in [5, 5.41) is 0.925. The average Bonchev–Trinajstić information content (AvgIpc) is 2.89. The molecule has 0 aliphatic carbocycles. The van der Waals surface area contributed by atoms with Gasteiger partial charge in [-0.05, 0) is 56.2 Å². The highest BCUT2D eigenvalue weighted by atomic mass is 35.5. The normalized spacial score (nSPS) is 17.9. The molecule has 1 aromatic carbocycles. The molecule has 9 heteroatoms. The molecule has 4 aromatic rings. The standard InChI is InChI=1S/C29H32ClFN6O/c1-6-23-26(24(16(2)3)33-15-32-23)37-28-20(13-21(30)25(34-28)19-9-7-8-10-22(19)31)27(35-29(37)38)36-14-17(4)11-12-18(36)5/h7-10,13,15-18H,6,11-12,14H2,1-5H3/t17-,18-/m0/s1.